The summed E-state index contributed by atoms with van der Waals surface area (Å²) in [5, 5.41) is 3.19. The Kier molecular flexibility index (Phi) is 4.70. The molecule has 16 heavy (non-hydrogen) atoms. The van der Waals surface area contributed by atoms with Gasteiger partial charge in [-0.25, -0.2) is 0 Å². The number of aryl methyl sites for hydroxylation is 1. The molecule has 90 valence electrons. The van der Waals surface area contributed by atoms with Crippen LogP contribution in [-0.2, 0) is 18.7 Å². The van der Waals surface area contributed by atoms with Gasteiger partial charge in [-0.3, -0.25) is 0 Å². The molecule has 1 aromatic rings. The molecule has 0 atom stereocenters. The quantitative estimate of drug-likeness (QED) is 0.869. The van der Waals surface area contributed by atoms with Crippen LogP contribution in [-0.4, -0.2) is 37.8 Å². The normalized spacial score (nSPS) is 15.4. The average molecular weight is 256 g/mol. The summed E-state index contributed by atoms with van der Waals surface area (Å²) in [5.74, 6) is 2.54. The van der Waals surface area contributed by atoms with Crippen LogP contribution in [0.1, 0.15) is 15.3 Å². The second kappa shape index (κ2) is 6.05. The molecule has 1 aliphatic heterocycles. The van der Waals surface area contributed by atoms with Crippen LogP contribution in [0.25, 0.3) is 0 Å². The molecular formula is C12H20N2S2. The zero-order chi connectivity index (χ0) is 11.4. The van der Waals surface area contributed by atoms with Crippen LogP contribution < -0.4 is 5.32 Å². The van der Waals surface area contributed by atoms with Crippen LogP contribution in [0.2, 0.25) is 0 Å². The highest BCUT2D eigenvalue weighted by molar-refractivity contribution is 7.98. The van der Waals surface area contributed by atoms with E-state index in [1.807, 2.05) is 18.4 Å². The number of thioether (sulfide) groups is 1. The molecule has 0 saturated heterocycles. The van der Waals surface area contributed by atoms with Crippen LogP contribution in [0.15, 0.2) is 6.07 Å². The molecule has 0 radical (unpaired) electrons. The molecule has 4 heteroatoms. The Bertz CT molecular complexity index is 312. The van der Waals surface area contributed by atoms with Gasteiger partial charge in [0.1, 0.15) is 0 Å². The number of hydrogen-bond acceptors (Lipinski definition) is 4. The largest absolute Gasteiger partial charge is 0.318 e. The fourth-order valence-electron chi connectivity index (χ4n) is 1.93. The van der Waals surface area contributed by atoms with Crippen molar-refractivity contribution in [3.8, 4) is 0 Å². The van der Waals surface area contributed by atoms with Gasteiger partial charge in [-0.2, -0.15) is 11.8 Å². The lowest BCUT2D eigenvalue weighted by atomic mass is 10.2. The Hall–Kier alpha value is -0.0300. The highest BCUT2D eigenvalue weighted by atomic mass is 32.2. The second-order valence-corrected chi connectivity index (χ2v) is 6.63. The number of thiophene rings is 1. The highest BCUT2D eigenvalue weighted by Crippen LogP contribution is 2.32. The first-order chi connectivity index (χ1) is 7.79. The number of nitrogens with zero attached hydrogens (tertiary/aromatic N) is 1. The first-order valence-electron chi connectivity index (χ1n) is 5.81. The van der Waals surface area contributed by atoms with Gasteiger partial charge in [0.2, 0.25) is 0 Å². The number of hydrogen-bond donors (Lipinski definition) is 1. The first-order valence-corrected chi connectivity index (χ1v) is 7.78. The van der Waals surface area contributed by atoms with E-state index in [2.05, 4.69) is 35.1 Å². The summed E-state index contributed by atoms with van der Waals surface area (Å²) in [6.45, 7) is 3.29. The predicted octanol–water partition coefficient (Wildman–Crippen LogP) is 2.19. The highest BCUT2D eigenvalue weighted by Gasteiger charge is 2.14. The van der Waals surface area contributed by atoms with Crippen LogP contribution >= 0.6 is 23.1 Å². The van der Waals surface area contributed by atoms with E-state index in [-0.39, 0.29) is 0 Å². The summed E-state index contributed by atoms with van der Waals surface area (Å²) >= 11 is 4.09. The van der Waals surface area contributed by atoms with Crippen molar-refractivity contribution >= 4 is 23.1 Å². The topological polar surface area (TPSA) is 15.3 Å². The van der Waals surface area contributed by atoms with Gasteiger partial charge in [-0.1, -0.05) is 0 Å². The fraction of sp³-hybridized carbons (Fsp3) is 0.667. The lowest BCUT2D eigenvalue weighted by molar-refractivity contribution is 0.331. The zero-order valence-corrected chi connectivity index (χ0v) is 11.7. The summed E-state index contributed by atoms with van der Waals surface area (Å²) in [7, 11) is 4.21. The third kappa shape index (κ3) is 3.23. The van der Waals surface area contributed by atoms with E-state index in [0.717, 1.165) is 19.6 Å². The lowest BCUT2D eigenvalue weighted by Crippen LogP contribution is -2.26. The number of likely N-dealkylation sites (N-methyl/N-ethyl adjacent to an activating group) is 2. The van der Waals surface area contributed by atoms with E-state index in [9.17, 15) is 0 Å². The van der Waals surface area contributed by atoms with Crippen molar-refractivity contribution < 1.29 is 0 Å². The van der Waals surface area contributed by atoms with Gasteiger partial charge in [0.25, 0.3) is 0 Å². The molecule has 2 rings (SSSR count). The minimum absolute atomic E-state index is 1.07. The SMILES string of the molecule is CNCCN(C)Cc1cc2c(s1)CCSC2. The Morgan fingerprint density at radius 2 is 2.38 bits per heavy atom. The van der Waals surface area contributed by atoms with E-state index >= 15 is 0 Å². The van der Waals surface area contributed by atoms with Crippen molar-refractivity contribution in [2.24, 2.45) is 0 Å². The molecule has 2 heterocycles. The molecule has 0 amide bonds. The Labute approximate surface area is 106 Å². The predicted molar refractivity (Wildman–Crippen MR) is 74.4 cm³/mol. The monoisotopic (exact) mass is 256 g/mol. The van der Waals surface area contributed by atoms with Crippen molar-refractivity contribution in [1.82, 2.24) is 10.2 Å². The van der Waals surface area contributed by atoms with Crippen molar-refractivity contribution in [2.45, 2.75) is 18.7 Å². The molecule has 0 fully saturated rings. The second-order valence-electron chi connectivity index (χ2n) is 4.31. The molecule has 0 spiro atoms. The Morgan fingerprint density at radius 1 is 1.50 bits per heavy atom. The molecule has 0 saturated carbocycles. The summed E-state index contributed by atoms with van der Waals surface area (Å²) in [4.78, 5) is 5.56. The molecule has 0 unspecified atom stereocenters. The summed E-state index contributed by atoms with van der Waals surface area (Å²) in [5.41, 5.74) is 1.60. The minimum atomic E-state index is 1.07. The van der Waals surface area contributed by atoms with Gasteiger partial charge < -0.3 is 10.2 Å². The fourth-order valence-corrected chi connectivity index (χ4v) is 4.39. The molecular weight excluding hydrogens is 236 g/mol. The zero-order valence-electron chi connectivity index (χ0n) is 10.1. The Balaban J connectivity index is 1.91. The lowest BCUT2D eigenvalue weighted by Gasteiger charge is -2.14. The number of nitrogens with one attached hydrogen (secondary N) is 1. The summed E-state index contributed by atoms with van der Waals surface area (Å²) in [6.07, 6.45) is 1.28. The maximum atomic E-state index is 3.19. The van der Waals surface area contributed by atoms with Crippen LogP contribution in [0, 0.1) is 0 Å². The standard InChI is InChI=1S/C12H20N2S2/c1-13-4-5-14(2)8-11-7-10-9-15-6-3-12(10)16-11/h7,13H,3-6,8-9H2,1-2H3. The molecule has 2 nitrogen and oxygen atoms in total. The van der Waals surface area contributed by atoms with E-state index in [0.29, 0.717) is 0 Å². The molecule has 0 aromatic carbocycles. The molecule has 0 aliphatic carbocycles. The van der Waals surface area contributed by atoms with Crippen molar-refractivity contribution in [1.29, 1.82) is 0 Å². The van der Waals surface area contributed by atoms with Crippen LogP contribution in [0.5, 0.6) is 0 Å². The van der Waals surface area contributed by atoms with Crippen LogP contribution in [0.4, 0.5) is 0 Å². The smallest absolute Gasteiger partial charge is 0.0325 e. The third-order valence-electron chi connectivity index (χ3n) is 2.85. The van der Waals surface area contributed by atoms with Gasteiger partial charge in [0, 0.05) is 35.1 Å². The van der Waals surface area contributed by atoms with Gasteiger partial charge in [-0.05, 0) is 37.9 Å². The van der Waals surface area contributed by atoms with Crippen molar-refractivity contribution in [2.75, 3.05) is 32.9 Å². The van der Waals surface area contributed by atoms with Crippen LogP contribution in [0.3, 0.4) is 0 Å². The molecule has 1 aromatic heterocycles. The Morgan fingerprint density at radius 3 is 3.12 bits per heavy atom. The van der Waals surface area contributed by atoms with E-state index in [1.54, 1.807) is 10.4 Å². The number of fused-ring (bicyclic) bond motifs is 1. The van der Waals surface area contributed by atoms with Crippen molar-refractivity contribution in [3.63, 3.8) is 0 Å². The maximum absolute atomic E-state index is 3.19. The molecule has 0 bridgehead atoms. The maximum Gasteiger partial charge on any atom is 0.0325 e. The molecule has 1 N–H and O–H groups in total. The minimum Gasteiger partial charge on any atom is -0.318 e. The summed E-state index contributed by atoms with van der Waals surface area (Å²) < 4.78 is 0. The van der Waals surface area contributed by atoms with Gasteiger partial charge in [-0.15, -0.1) is 11.3 Å². The van der Waals surface area contributed by atoms with Crippen molar-refractivity contribution in [3.05, 3.63) is 21.4 Å². The van der Waals surface area contributed by atoms with Gasteiger partial charge in [0.15, 0.2) is 0 Å². The summed E-state index contributed by atoms with van der Waals surface area (Å²) in [6, 6.07) is 2.42. The van der Waals surface area contributed by atoms with E-state index in [1.165, 1.54) is 22.8 Å². The molecule has 1 aliphatic rings. The average Bonchev–Trinajstić information content (AvgIpc) is 2.68. The van der Waals surface area contributed by atoms with E-state index in [4.69, 9.17) is 0 Å². The number of rotatable bonds is 5. The van der Waals surface area contributed by atoms with Gasteiger partial charge in [0.05, 0.1) is 0 Å². The third-order valence-corrected chi connectivity index (χ3v) is 5.08. The van der Waals surface area contributed by atoms with Gasteiger partial charge >= 0.3 is 0 Å². The first kappa shape index (κ1) is 12.4. The van der Waals surface area contributed by atoms with E-state index < -0.39 is 0 Å².